The molecule has 0 amide bonds. The van der Waals surface area contributed by atoms with Crippen LogP contribution in [0.15, 0.2) is 54.6 Å². The van der Waals surface area contributed by atoms with Crippen LogP contribution in [-0.4, -0.2) is 38.5 Å². The van der Waals surface area contributed by atoms with Crippen molar-refractivity contribution in [1.82, 2.24) is 14.7 Å². The molecule has 0 aliphatic heterocycles. The molecule has 1 N–H and O–H groups in total. The second-order valence-electron chi connectivity index (χ2n) is 7.73. The summed E-state index contributed by atoms with van der Waals surface area (Å²) in [6, 6.07) is 16.2. The summed E-state index contributed by atoms with van der Waals surface area (Å²) in [6.07, 6.45) is 0.275. The highest BCUT2D eigenvalue weighted by molar-refractivity contribution is 5.43. The summed E-state index contributed by atoms with van der Waals surface area (Å²) in [7, 11) is 0. The molecule has 1 atom stereocenters. The van der Waals surface area contributed by atoms with Crippen LogP contribution in [0.5, 0.6) is 11.6 Å². The van der Waals surface area contributed by atoms with Crippen LogP contribution in [0, 0.1) is 12.7 Å². The van der Waals surface area contributed by atoms with Crippen LogP contribution < -0.4 is 4.74 Å². The zero-order valence-corrected chi connectivity index (χ0v) is 18.0. The van der Waals surface area contributed by atoms with Crippen molar-refractivity contribution in [2.45, 2.75) is 52.8 Å². The van der Waals surface area contributed by atoms with Crippen molar-refractivity contribution < 1.29 is 14.2 Å². The maximum Gasteiger partial charge on any atom is 0.227 e. The molecule has 0 aliphatic carbocycles. The van der Waals surface area contributed by atoms with Crippen LogP contribution in [0.1, 0.15) is 38.4 Å². The number of nitrogens with zero attached hydrogens (tertiary/aromatic N) is 3. The summed E-state index contributed by atoms with van der Waals surface area (Å²) in [5, 5.41) is 14.9. The number of aryl methyl sites for hydroxylation is 1. The molecule has 0 bridgehead atoms. The van der Waals surface area contributed by atoms with E-state index in [1.54, 1.807) is 22.9 Å². The first-order valence-electron chi connectivity index (χ1n) is 10.4. The van der Waals surface area contributed by atoms with Crippen molar-refractivity contribution in [3.05, 3.63) is 71.7 Å². The molecule has 6 heteroatoms. The number of hydrogen-bond acceptors (Lipinski definition) is 4. The van der Waals surface area contributed by atoms with Gasteiger partial charge in [0.2, 0.25) is 5.88 Å². The number of halogens is 1. The molecule has 2 aromatic carbocycles. The molecule has 5 nitrogen and oxygen atoms in total. The van der Waals surface area contributed by atoms with E-state index in [-0.39, 0.29) is 11.8 Å². The zero-order chi connectivity index (χ0) is 21.7. The van der Waals surface area contributed by atoms with Gasteiger partial charge in [0, 0.05) is 19.1 Å². The maximum absolute atomic E-state index is 14.4. The van der Waals surface area contributed by atoms with Gasteiger partial charge in [0.15, 0.2) is 11.6 Å². The maximum atomic E-state index is 14.4. The van der Waals surface area contributed by atoms with Gasteiger partial charge in [0.25, 0.3) is 0 Å². The third-order valence-corrected chi connectivity index (χ3v) is 5.19. The van der Waals surface area contributed by atoms with Crippen molar-refractivity contribution in [2.75, 3.05) is 6.54 Å². The molecule has 1 heterocycles. The normalized spacial score (nSPS) is 12.5. The highest BCUT2D eigenvalue weighted by Crippen LogP contribution is 2.33. The van der Waals surface area contributed by atoms with Gasteiger partial charge in [-0.15, -0.1) is 0 Å². The van der Waals surface area contributed by atoms with Gasteiger partial charge in [-0.05, 0) is 51.5 Å². The summed E-state index contributed by atoms with van der Waals surface area (Å²) >= 11 is 0. The predicted molar refractivity (Wildman–Crippen MR) is 117 cm³/mol. The summed E-state index contributed by atoms with van der Waals surface area (Å²) in [6.45, 7) is 9.17. The minimum Gasteiger partial charge on any atom is -0.435 e. The van der Waals surface area contributed by atoms with Crippen molar-refractivity contribution >= 4 is 0 Å². The number of para-hydroxylation sites is 2. The van der Waals surface area contributed by atoms with Gasteiger partial charge >= 0.3 is 0 Å². The van der Waals surface area contributed by atoms with Crippen molar-refractivity contribution in [3.8, 4) is 17.3 Å². The Bertz CT molecular complexity index is 956. The molecule has 0 saturated heterocycles. The van der Waals surface area contributed by atoms with Gasteiger partial charge in [-0.25, -0.2) is 9.07 Å². The van der Waals surface area contributed by atoms with Crippen LogP contribution >= 0.6 is 0 Å². The molecule has 3 rings (SSSR count). The first-order valence-corrected chi connectivity index (χ1v) is 10.4. The summed E-state index contributed by atoms with van der Waals surface area (Å²) in [5.74, 6) is 0.213. The number of rotatable bonds is 9. The quantitative estimate of drug-likeness (QED) is 0.533. The van der Waals surface area contributed by atoms with Gasteiger partial charge in [-0.3, -0.25) is 4.90 Å². The third-order valence-electron chi connectivity index (χ3n) is 5.19. The number of aromatic nitrogens is 2. The number of aliphatic hydroxyl groups excluding tert-OH is 1. The Hall–Kier alpha value is -2.70. The van der Waals surface area contributed by atoms with Gasteiger partial charge in [-0.1, -0.05) is 37.3 Å². The third kappa shape index (κ3) is 5.07. The topological polar surface area (TPSA) is 50.5 Å². The SMILES string of the molecule is CCC(O)CN(Cc1c(C)nn(-c2ccccc2)c1Oc1ccccc1F)C(C)C. The molecule has 30 heavy (non-hydrogen) atoms. The number of aliphatic hydroxyl groups is 1. The molecule has 0 radical (unpaired) electrons. The standard InChI is InChI=1S/C24H30FN3O2/c1-5-20(29)15-27(17(2)3)16-21-18(4)26-28(19-11-7-6-8-12-19)24(21)30-23-14-10-9-13-22(23)25/h6-14,17,20,29H,5,15-16H2,1-4H3. The fraction of sp³-hybridized carbons (Fsp3) is 0.375. The van der Waals surface area contributed by atoms with Crippen LogP contribution in [-0.2, 0) is 6.54 Å². The lowest BCUT2D eigenvalue weighted by atomic mass is 10.1. The second kappa shape index (κ2) is 9.87. The Morgan fingerprint density at radius 2 is 1.77 bits per heavy atom. The molecule has 160 valence electrons. The van der Waals surface area contributed by atoms with E-state index in [1.807, 2.05) is 44.2 Å². The van der Waals surface area contributed by atoms with E-state index in [1.165, 1.54) is 6.07 Å². The van der Waals surface area contributed by atoms with Crippen LogP contribution in [0.3, 0.4) is 0 Å². The van der Waals surface area contributed by atoms with E-state index >= 15 is 0 Å². The first kappa shape index (κ1) is 22.0. The highest BCUT2D eigenvalue weighted by Gasteiger charge is 2.24. The lowest BCUT2D eigenvalue weighted by Crippen LogP contribution is -2.37. The first-order chi connectivity index (χ1) is 14.4. The minimum absolute atomic E-state index is 0.153. The monoisotopic (exact) mass is 411 g/mol. The smallest absolute Gasteiger partial charge is 0.227 e. The average Bonchev–Trinajstić information content (AvgIpc) is 3.05. The van der Waals surface area contributed by atoms with Gasteiger partial charge < -0.3 is 9.84 Å². The van der Waals surface area contributed by atoms with E-state index in [2.05, 4.69) is 18.7 Å². The molecule has 3 aromatic rings. The Morgan fingerprint density at radius 1 is 1.10 bits per heavy atom. The van der Waals surface area contributed by atoms with E-state index < -0.39 is 11.9 Å². The van der Waals surface area contributed by atoms with E-state index in [0.29, 0.717) is 25.4 Å². The molecular weight excluding hydrogens is 381 g/mol. The predicted octanol–water partition coefficient (Wildman–Crippen LogP) is 5.09. The summed E-state index contributed by atoms with van der Waals surface area (Å²) in [4.78, 5) is 2.18. The van der Waals surface area contributed by atoms with Gasteiger partial charge in [0.05, 0.1) is 23.0 Å². The lowest BCUT2D eigenvalue weighted by molar-refractivity contribution is 0.0875. The van der Waals surface area contributed by atoms with E-state index in [9.17, 15) is 9.50 Å². The number of ether oxygens (including phenoxy) is 1. The van der Waals surface area contributed by atoms with E-state index in [0.717, 1.165) is 16.9 Å². The van der Waals surface area contributed by atoms with Crippen LogP contribution in [0.4, 0.5) is 4.39 Å². The minimum atomic E-state index is -0.427. The number of hydrogen-bond donors (Lipinski definition) is 1. The number of benzene rings is 2. The van der Waals surface area contributed by atoms with Crippen molar-refractivity contribution in [3.63, 3.8) is 0 Å². The van der Waals surface area contributed by atoms with Crippen molar-refractivity contribution in [1.29, 1.82) is 0 Å². The Labute approximate surface area is 177 Å². The van der Waals surface area contributed by atoms with Gasteiger partial charge in [0.1, 0.15) is 0 Å². The lowest BCUT2D eigenvalue weighted by Gasteiger charge is -2.28. The molecular formula is C24H30FN3O2. The molecule has 1 aromatic heterocycles. The average molecular weight is 412 g/mol. The zero-order valence-electron chi connectivity index (χ0n) is 18.0. The molecule has 0 spiro atoms. The van der Waals surface area contributed by atoms with Crippen LogP contribution in [0.2, 0.25) is 0 Å². The Morgan fingerprint density at radius 3 is 2.40 bits per heavy atom. The molecule has 0 aliphatic rings. The molecule has 0 fully saturated rings. The fourth-order valence-electron chi connectivity index (χ4n) is 3.26. The fourth-order valence-corrected chi connectivity index (χ4v) is 3.26. The van der Waals surface area contributed by atoms with Crippen LogP contribution in [0.25, 0.3) is 5.69 Å². The van der Waals surface area contributed by atoms with E-state index in [4.69, 9.17) is 9.84 Å². The highest BCUT2D eigenvalue weighted by atomic mass is 19.1. The Kier molecular flexibility index (Phi) is 7.24. The second-order valence-corrected chi connectivity index (χ2v) is 7.73. The van der Waals surface area contributed by atoms with Gasteiger partial charge in [-0.2, -0.15) is 5.10 Å². The summed E-state index contributed by atoms with van der Waals surface area (Å²) in [5.41, 5.74) is 2.52. The molecule has 0 saturated carbocycles. The largest absolute Gasteiger partial charge is 0.435 e. The molecule has 1 unspecified atom stereocenters. The van der Waals surface area contributed by atoms with Crippen molar-refractivity contribution in [2.24, 2.45) is 0 Å². The summed E-state index contributed by atoms with van der Waals surface area (Å²) < 4.78 is 22.2. The Balaban J connectivity index is 2.05.